The van der Waals surface area contributed by atoms with Crippen LogP contribution in [0.25, 0.3) is 10.9 Å². The van der Waals surface area contributed by atoms with Crippen molar-refractivity contribution in [2.24, 2.45) is 5.92 Å². The first kappa shape index (κ1) is 16.1. The molecule has 1 aromatic heterocycles. The van der Waals surface area contributed by atoms with Crippen molar-refractivity contribution in [3.8, 4) is 6.07 Å². The average Bonchev–Trinajstić information content (AvgIpc) is 2.58. The van der Waals surface area contributed by atoms with Crippen LogP contribution in [0.3, 0.4) is 0 Å². The van der Waals surface area contributed by atoms with E-state index in [4.69, 9.17) is 0 Å². The number of anilines is 1. The highest BCUT2D eigenvalue weighted by atomic mass is 16.6. The molecule has 124 valence electrons. The van der Waals surface area contributed by atoms with Gasteiger partial charge in [-0.3, -0.25) is 10.1 Å². The first-order valence-corrected chi connectivity index (χ1v) is 7.98. The van der Waals surface area contributed by atoms with Gasteiger partial charge in [0.15, 0.2) is 0 Å². The van der Waals surface area contributed by atoms with Crippen LogP contribution in [0.4, 0.5) is 11.5 Å². The molecule has 0 aliphatic carbocycles. The predicted octanol–water partition coefficient (Wildman–Crippen LogP) is 2.77. The highest BCUT2D eigenvalue weighted by molar-refractivity contribution is 5.88. The predicted molar refractivity (Wildman–Crippen MR) is 91.8 cm³/mol. The second kappa shape index (κ2) is 6.81. The number of aromatic nitrogens is 1. The summed E-state index contributed by atoms with van der Waals surface area (Å²) in [5.41, 5.74) is 0.946. The number of fused-ring (bicyclic) bond motifs is 1. The van der Waals surface area contributed by atoms with Gasteiger partial charge in [-0.1, -0.05) is 0 Å². The first-order valence-electron chi connectivity index (χ1n) is 7.98. The molecule has 2 aromatic rings. The van der Waals surface area contributed by atoms with E-state index >= 15 is 0 Å². The number of hydrogen-bond acceptors (Lipinski definition) is 6. The summed E-state index contributed by atoms with van der Waals surface area (Å²) in [5, 5.41) is 24.1. The molecule has 0 radical (unpaired) electrons. The van der Waals surface area contributed by atoms with Gasteiger partial charge in [-0.15, -0.1) is 0 Å². The molecule has 1 aliphatic rings. The van der Waals surface area contributed by atoms with Gasteiger partial charge in [0.25, 0.3) is 5.69 Å². The van der Waals surface area contributed by atoms with Gasteiger partial charge in [-0.2, -0.15) is 5.26 Å². The minimum Gasteiger partial charge on any atom is -0.370 e. The molecule has 1 aromatic carbocycles. The molecule has 1 aliphatic heterocycles. The number of nitrogens with one attached hydrogen (secondary N) is 1. The van der Waals surface area contributed by atoms with E-state index in [-0.39, 0.29) is 5.69 Å². The Kier molecular flexibility index (Phi) is 4.58. The van der Waals surface area contributed by atoms with Crippen LogP contribution in [0.15, 0.2) is 24.3 Å². The SMILES string of the molecule is CN1CCCC(CNc2cc(C#N)c3cc([N+](=O)[O-])ccc3n2)C1. The molecular formula is C17H19N5O2. The smallest absolute Gasteiger partial charge is 0.270 e. The summed E-state index contributed by atoms with van der Waals surface area (Å²) in [7, 11) is 2.13. The van der Waals surface area contributed by atoms with Crippen LogP contribution in [-0.4, -0.2) is 41.5 Å². The Morgan fingerprint density at radius 2 is 2.33 bits per heavy atom. The average molecular weight is 325 g/mol. The molecule has 1 fully saturated rings. The van der Waals surface area contributed by atoms with Crippen LogP contribution >= 0.6 is 0 Å². The largest absolute Gasteiger partial charge is 0.370 e. The topological polar surface area (TPSA) is 95.1 Å². The third-order valence-corrected chi connectivity index (χ3v) is 4.42. The molecule has 7 nitrogen and oxygen atoms in total. The van der Waals surface area contributed by atoms with Gasteiger partial charge >= 0.3 is 0 Å². The number of piperidine rings is 1. The maximum atomic E-state index is 10.9. The van der Waals surface area contributed by atoms with Crippen molar-refractivity contribution in [3.63, 3.8) is 0 Å². The van der Waals surface area contributed by atoms with Crippen molar-refractivity contribution < 1.29 is 4.92 Å². The second-order valence-electron chi connectivity index (χ2n) is 6.28. The summed E-state index contributed by atoms with van der Waals surface area (Å²) < 4.78 is 0. The van der Waals surface area contributed by atoms with E-state index in [2.05, 4.69) is 28.3 Å². The lowest BCUT2D eigenvalue weighted by Gasteiger charge is -2.29. The Morgan fingerprint density at radius 1 is 1.50 bits per heavy atom. The fourth-order valence-electron chi connectivity index (χ4n) is 3.20. The number of nitro benzene ring substituents is 1. The molecule has 1 N–H and O–H groups in total. The molecule has 2 heterocycles. The van der Waals surface area contributed by atoms with Crippen LogP contribution in [0.2, 0.25) is 0 Å². The third-order valence-electron chi connectivity index (χ3n) is 4.42. The second-order valence-corrected chi connectivity index (χ2v) is 6.28. The number of pyridine rings is 1. The molecule has 1 atom stereocenters. The van der Waals surface area contributed by atoms with Crippen molar-refractivity contribution in [3.05, 3.63) is 39.9 Å². The number of likely N-dealkylation sites (tertiary alicyclic amines) is 1. The molecular weight excluding hydrogens is 306 g/mol. The number of benzene rings is 1. The lowest BCUT2D eigenvalue weighted by Crippen LogP contribution is -2.35. The van der Waals surface area contributed by atoms with E-state index in [0.717, 1.165) is 19.6 Å². The third kappa shape index (κ3) is 3.44. The quantitative estimate of drug-likeness (QED) is 0.686. The van der Waals surface area contributed by atoms with E-state index < -0.39 is 4.92 Å². The molecule has 1 unspecified atom stereocenters. The number of rotatable bonds is 4. The standard InChI is InChI=1S/C17H19N5O2/c1-21-6-2-3-12(11-21)10-19-17-7-13(9-18)15-8-14(22(23)24)4-5-16(15)20-17/h4-5,7-8,12H,2-3,6,10-11H2,1H3,(H,19,20). The van der Waals surface area contributed by atoms with Gasteiger partial charge in [-0.25, -0.2) is 4.98 Å². The molecule has 1 saturated heterocycles. The number of nitrogens with zero attached hydrogens (tertiary/aromatic N) is 4. The summed E-state index contributed by atoms with van der Waals surface area (Å²) >= 11 is 0. The maximum Gasteiger partial charge on any atom is 0.270 e. The van der Waals surface area contributed by atoms with Crippen LogP contribution in [0.5, 0.6) is 0 Å². The summed E-state index contributed by atoms with van der Waals surface area (Å²) in [5.74, 6) is 1.20. The number of nitriles is 1. The fraction of sp³-hybridized carbons (Fsp3) is 0.412. The number of hydrogen-bond donors (Lipinski definition) is 1. The van der Waals surface area contributed by atoms with Crippen molar-refractivity contribution in [1.29, 1.82) is 5.26 Å². The Bertz CT molecular complexity index is 814. The van der Waals surface area contributed by atoms with Crippen molar-refractivity contribution in [2.75, 3.05) is 32.0 Å². The van der Waals surface area contributed by atoms with Crippen LogP contribution < -0.4 is 5.32 Å². The molecule has 24 heavy (non-hydrogen) atoms. The van der Waals surface area contributed by atoms with Gasteiger partial charge in [0.05, 0.1) is 22.1 Å². The van der Waals surface area contributed by atoms with Crippen LogP contribution in [0.1, 0.15) is 18.4 Å². The van der Waals surface area contributed by atoms with Gasteiger partial charge in [0.2, 0.25) is 0 Å². The minimum atomic E-state index is -0.466. The van der Waals surface area contributed by atoms with Gasteiger partial charge < -0.3 is 10.2 Å². The Hall–Kier alpha value is -2.72. The zero-order valence-electron chi connectivity index (χ0n) is 13.5. The minimum absolute atomic E-state index is 0.0354. The van der Waals surface area contributed by atoms with E-state index in [1.54, 1.807) is 12.1 Å². The molecule has 7 heteroatoms. The fourth-order valence-corrected chi connectivity index (χ4v) is 3.20. The summed E-state index contributed by atoms with van der Waals surface area (Å²) in [6, 6.07) is 8.18. The first-order chi connectivity index (χ1) is 11.6. The highest BCUT2D eigenvalue weighted by Crippen LogP contribution is 2.25. The monoisotopic (exact) mass is 325 g/mol. The molecule has 0 saturated carbocycles. The van der Waals surface area contributed by atoms with E-state index in [1.807, 2.05) is 0 Å². The Balaban J connectivity index is 1.83. The number of nitro groups is 1. The summed E-state index contributed by atoms with van der Waals surface area (Å²) in [4.78, 5) is 17.2. The van der Waals surface area contributed by atoms with Crippen molar-refractivity contribution in [2.45, 2.75) is 12.8 Å². The normalized spacial score (nSPS) is 18.2. The van der Waals surface area contributed by atoms with Crippen molar-refractivity contribution >= 4 is 22.4 Å². The maximum absolute atomic E-state index is 10.9. The Labute approximate surface area is 140 Å². The highest BCUT2D eigenvalue weighted by Gasteiger charge is 2.17. The Morgan fingerprint density at radius 3 is 3.04 bits per heavy atom. The van der Waals surface area contributed by atoms with Crippen LogP contribution in [-0.2, 0) is 0 Å². The van der Waals surface area contributed by atoms with E-state index in [1.165, 1.54) is 25.0 Å². The lowest BCUT2D eigenvalue weighted by molar-refractivity contribution is -0.384. The summed E-state index contributed by atoms with van der Waals surface area (Å²) in [6.45, 7) is 3.00. The zero-order chi connectivity index (χ0) is 17.1. The van der Waals surface area contributed by atoms with Gasteiger partial charge in [0, 0.05) is 30.6 Å². The van der Waals surface area contributed by atoms with Gasteiger partial charge in [0.1, 0.15) is 5.82 Å². The molecule has 0 spiro atoms. The number of non-ortho nitro benzene ring substituents is 1. The zero-order valence-corrected chi connectivity index (χ0v) is 13.5. The lowest BCUT2D eigenvalue weighted by atomic mass is 9.98. The molecule has 0 bridgehead atoms. The molecule has 3 rings (SSSR count). The van der Waals surface area contributed by atoms with Crippen molar-refractivity contribution in [1.82, 2.24) is 9.88 Å². The van der Waals surface area contributed by atoms with Gasteiger partial charge in [-0.05, 0) is 44.5 Å². The molecule has 0 amide bonds. The van der Waals surface area contributed by atoms with E-state index in [9.17, 15) is 15.4 Å². The summed E-state index contributed by atoms with van der Waals surface area (Å²) in [6.07, 6.45) is 2.38. The van der Waals surface area contributed by atoms with Crippen LogP contribution in [0, 0.1) is 27.4 Å². The van der Waals surface area contributed by atoms with E-state index in [0.29, 0.717) is 28.2 Å².